The Morgan fingerprint density at radius 3 is 2.37 bits per heavy atom. The molecule has 1 amide bonds. The summed E-state index contributed by atoms with van der Waals surface area (Å²) in [6, 6.07) is 1.37. The van der Waals surface area contributed by atoms with E-state index < -0.39 is 28.9 Å². The molecule has 0 heterocycles. The van der Waals surface area contributed by atoms with E-state index in [0.29, 0.717) is 31.7 Å². The van der Waals surface area contributed by atoms with E-state index in [9.17, 15) is 22.8 Å². The lowest BCUT2D eigenvalue weighted by Crippen LogP contribution is -2.38. The molecule has 1 N–H and O–H groups in total. The van der Waals surface area contributed by atoms with Crippen molar-refractivity contribution in [3.8, 4) is 0 Å². The third-order valence-corrected chi connectivity index (χ3v) is 3.16. The van der Waals surface area contributed by atoms with Crippen LogP contribution in [0.15, 0.2) is 12.1 Å². The molecule has 19 heavy (non-hydrogen) atoms. The number of hydrogen-bond donors (Lipinski definition) is 1. The number of halogens is 3. The quantitative estimate of drug-likeness (QED) is 0.839. The first-order chi connectivity index (χ1) is 8.99. The topological polar surface area (TPSA) is 46.2 Å². The molecule has 0 aliphatic heterocycles. The number of hydrogen-bond acceptors (Lipinski definition) is 2. The van der Waals surface area contributed by atoms with Crippen LogP contribution in [0.1, 0.15) is 36.0 Å². The van der Waals surface area contributed by atoms with Gasteiger partial charge < -0.3 is 5.32 Å². The Kier molecular flexibility index (Phi) is 3.87. The van der Waals surface area contributed by atoms with Gasteiger partial charge >= 0.3 is 0 Å². The summed E-state index contributed by atoms with van der Waals surface area (Å²) in [6.45, 7) is 0. The molecule has 1 fully saturated rings. The summed E-state index contributed by atoms with van der Waals surface area (Å²) in [5.74, 6) is -5.16. The third-order valence-electron chi connectivity index (χ3n) is 3.16. The zero-order chi connectivity index (χ0) is 14.0. The first kappa shape index (κ1) is 13.6. The van der Waals surface area contributed by atoms with E-state index in [2.05, 4.69) is 5.32 Å². The van der Waals surface area contributed by atoms with Crippen LogP contribution < -0.4 is 5.32 Å². The molecule has 1 aliphatic carbocycles. The van der Waals surface area contributed by atoms with Crippen LogP contribution >= 0.6 is 0 Å². The van der Waals surface area contributed by atoms with Gasteiger partial charge in [-0.25, -0.2) is 13.2 Å². The second-order valence-corrected chi connectivity index (χ2v) is 4.51. The van der Waals surface area contributed by atoms with Crippen LogP contribution in [0.3, 0.4) is 0 Å². The zero-order valence-electron chi connectivity index (χ0n) is 10.0. The highest BCUT2D eigenvalue weighted by atomic mass is 19.2. The lowest BCUT2D eigenvalue weighted by molar-refractivity contribution is -0.120. The molecule has 0 atom stereocenters. The molecule has 3 nitrogen and oxygen atoms in total. The van der Waals surface area contributed by atoms with Crippen LogP contribution in [-0.2, 0) is 4.79 Å². The monoisotopic (exact) mass is 271 g/mol. The first-order valence-corrected chi connectivity index (χ1v) is 5.95. The summed E-state index contributed by atoms with van der Waals surface area (Å²) in [6.07, 6.45) is 1.70. The van der Waals surface area contributed by atoms with Crippen molar-refractivity contribution in [1.82, 2.24) is 5.32 Å². The fourth-order valence-corrected chi connectivity index (χ4v) is 2.05. The standard InChI is InChI=1S/C13H12F3NO2/c14-10-6-5-9(11(15)12(10)16)13(19)17-7-1-3-8(18)4-2-7/h5-7H,1-4H2,(H,17,19). The largest absolute Gasteiger partial charge is 0.349 e. The van der Waals surface area contributed by atoms with Gasteiger partial charge in [-0.05, 0) is 25.0 Å². The Morgan fingerprint density at radius 1 is 1.11 bits per heavy atom. The number of amides is 1. The zero-order valence-corrected chi connectivity index (χ0v) is 10.0. The lowest BCUT2D eigenvalue weighted by Gasteiger charge is -2.22. The maximum absolute atomic E-state index is 13.4. The van der Waals surface area contributed by atoms with Gasteiger partial charge in [0, 0.05) is 18.9 Å². The Bertz CT molecular complexity index is 521. The molecule has 0 spiro atoms. The van der Waals surface area contributed by atoms with E-state index in [1.165, 1.54) is 0 Å². The van der Waals surface area contributed by atoms with Gasteiger partial charge in [-0.3, -0.25) is 9.59 Å². The molecule has 102 valence electrons. The van der Waals surface area contributed by atoms with Crippen molar-refractivity contribution in [2.75, 3.05) is 0 Å². The molecule has 0 saturated heterocycles. The minimum absolute atomic E-state index is 0.129. The van der Waals surface area contributed by atoms with E-state index in [0.717, 1.165) is 6.07 Å². The molecule has 0 bridgehead atoms. The summed E-state index contributed by atoms with van der Waals surface area (Å²) in [5.41, 5.74) is -0.532. The second kappa shape index (κ2) is 5.42. The highest BCUT2D eigenvalue weighted by Gasteiger charge is 2.23. The van der Waals surface area contributed by atoms with Crippen molar-refractivity contribution in [2.45, 2.75) is 31.7 Å². The number of nitrogens with one attached hydrogen (secondary N) is 1. The lowest BCUT2D eigenvalue weighted by atomic mass is 9.94. The average Bonchev–Trinajstić information content (AvgIpc) is 2.39. The maximum Gasteiger partial charge on any atom is 0.254 e. The van der Waals surface area contributed by atoms with Gasteiger partial charge in [0.15, 0.2) is 17.5 Å². The maximum atomic E-state index is 13.4. The van der Waals surface area contributed by atoms with Gasteiger partial charge in [-0.15, -0.1) is 0 Å². The average molecular weight is 271 g/mol. The molecule has 0 unspecified atom stereocenters. The van der Waals surface area contributed by atoms with E-state index in [4.69, 9.17) is 0 Å². The van der Waals surface area contributed by atoms with Gasteiger partial charge in [0.05, 0.1) is 5.56 Å². The summed E-state index contributed by atoms with van der Waals surface area (Å²) in [7, 11) is 0. The normalized spacial score (nSPS) is 16.5. The predicted octanol–water partition coefficient (Wildman–Crippen LogP) is 2.35. The van der Waals surface area contributed by atoms with Crippen LogP contribution in [0.5, 0.6) is 0 Å². The molecule has 2 rings (SSSR count). The fourth-order valence-electron chi connectivity index (χ4n) is 2.05. The van der Waals surface area contributed by atoms with Crippen molar-refractivity contribution in [2.24, 2.45) is 0 Å². The summed E-state index contributed by atoms with van der Waals surface area (Å²) >= 11 is 0. The summed E-state index contributed by atoms with van der Waals surface area (Å²) in [4.78, 5) is 22.8. The van der Waals surface area contributed by atoms with Crippen LogP contribution in [0.4, 0.5) is 13.2 Å². The Hall–Kier alpha value is -1.85. The molecule has 0 aromatic heterocycles. The Morgan fingerprint density at radius 2 is 1.74 bits per heavy atom. The molecule has 1 aromatic carbocycles. The third kappa shape index (κ3) is 2.94. The van der Waals surface area contributed by atoms with Gasteiger partial charge in [0.2, 0.25) is 0 Å². The number of benzene rings is 1. The van der Waals surface area contributed by atoms with Gasteiger partial charge in [-0.2, -0.15) is 0 Å². The fraction of sp³-hybridized carbons (Fsp3) is 0.385. The molecular formula is C13H12F3NO2. The summed E-state index contributed by atoms with van der Waals surface area (Å²) < 4.78 is 39.1. The SMILES string of the molecule is O=C1CCC(NC(=O)c2ccc(F)c(F)c2F)CC1. The van der Waals surface area contributed by atoms with Gasteiger partial charge in [0.25, 0.3) is 5.91 Å². The van der Waals surface area contributed by atoms with Gasteiger partial charge in [-0.1, -0.05) is 0 Å². The Labute approximate surface area is 107 Å². The number of rotatable bonds is 2. The van der Waals surface area contributed by atoms with Crippen LogP contribution in [-0.4, -0.2) is 17.7 Å². The van der Waals surface area contributed by atoms with Crippen molar-refractivity contribution >= 4 is 11.7 Å². The molecule has 0 radical (unpaired) electrons. The highest BCUT2D eigenvalue weighted by molar-refractivity contribution is 5.94. The highest BCUT2D eigenvalue weighted by Crippen LogP contribution is 2.18. The Balaban J connectivity index is 2.08. The first-order valence-electron chi connectivity index (χ1n) is 5.95. The minimum Gasteiger partial charge on any atom is -0.349 e. The van der Waals surface area contributed by atoms with Crippen molar-refractivity contribution in [3.05, 3.63) is 35.1 Å². The molecule has 1 aliphatic rings. The summed E-state index contributed by atoms with van der Waals surface area (Å²) in [5, 5.41) is 2.52. The molecule has 1 aromatic rings. The molecular weight excluding hydrogens is 259 g/mol. The van der Waals surface area contributed by atoms with E-state index in [1.54, 1.807) is 0 Å². The van der Waals surface area contributed by atoms with Crippen molar-refractivity contribution < 1.29 is 22.8 Å². The number of carbonyl (C=O) groups excluding carboxylic acids is 2. The van der Waals surface area contributed by atoms with Crippen molar-refractivity contribution in [1.29, 1.82) is 0 Å². The van der Waals surface area contributed by atoms with E-state index in [-0.39, 0.29) is 11.8 Å². The van der Waals surface area contributed by atoms with Crippen LogP contribution in [0.25, 0.3) is 0 Å². The van der Waals surface area contributed by atoms with Crippen molar-refractivity contribution in [3.63, 3.8) is 0 Å². The van der Waals surface area contributed by atoms with Crippen LogP contribution in [0.2, 0.25) is 0 Å². The second-order valence-electron chi connectivity index (χ2n) is 4.51. The molecule has 1 saturated carbocycles. The molecule has 6 heteroatoms. The van der Waals surface area contributed by atoms with Crippen LogP contribution in [0, 0.1) is 17.5 Å². The number of carbonyl (C=O) groups is 2. The smallest absolute Gasteiger partial charge is 0.254 e. The van der Waals surface area contributed by atoms with E-state index in [1.807, 2.05) is 0 Å². The minimum atomic E-state index is -1.66. The predicted molar refractivity (Wildman–Crippen MR) is 61.0 cm³/mol. The van der Waals surface area contributed by atoms with Gasteiger partial charge in [0.1, 0.15) is 5.78 Å². The number of Topliss-reactive ketones (excluding diaryl/α,β-unsaturated/α-hetero) is 1. The van der Waals surface area contributed by atoms with E-state index >= 15 is 0 Å². The number of ketones is 1.